The largest absolute Gasteiger partial charge is 0.497 e. The van der Waals surface area contributed by atoms with Gasteiger partial charge in [-0.25, -0.2) is 14.6 Å². The first-order valence-corrected chi connectivity index (χ1v) is 14.1. The molecule has 0 bridgehead atoms. The van der Waals surface area contributed by atoms with E-state index >= 15 is 0 Å². The Hall–Kier alpha value is -5.19. The number of benzene rings is 2. The van der Waals surface area contributed by atoms with Crippen molar-refractivity contribution >= 4 is 40.2 Å². The van der Waals surface area contributed by atoms with Crippen LogP contribution in [0.5, 0.6) is 5.75 Å². The minimum atomic E-state index is -1.74. The second kappa shape index (κ2) is 9.69. The molecule has 2 amide bonds. The number of amides is 2. The Morgan fingerprint density at radius 3 is 2.63 bits per heavy atom. The predicted octanol–water partition coefficient (Wildman–Crippen LogP) is 4.25. The first kappa shape index (κ1) is 26.7. The van der Waals surface area contributed by atoms with E-state index in [1.165, 1.54) is 6.92 Å². The van der Waals surface area contributed by atoms with Crippen LogP contribution in [0.25, 0.3) is 22.3 Å². The van der Waals surface area contributed by atoms with E-state index in [4.69, 9.17) is 19.2 Å². The lowest BCUT2D eigenvalue weighted by molar-refractivity contribution is -0.188. The van der Waals surface area contributed by atoms with Gasteiger partial charge in [-0.15, -0.1) is 0 Å². The fraction of sp³-hybridized carbons (Fsp3) is 0.281. The number of aromatic nitrogens is 2. The van der Waals surface area contributed by atoms with Crippen molar-refractivity contribution in [3.63, 3.8) is 0 Å². The van der Waals surface area contributed by atoms with Crippen molar-refractivity contribution in [2.45, 2.75) is 45.4 Å². The summed E-state index contributed by atoms with van der Waals surface area (Å²) in [5.41, 5.74) is 3.26. The van der Waals surface area contributed by atoms with E-state index in [0.29, 0.717) is 46.8 Å². The monoisotopic (exact) mass is 580 g/mol. The minimum absolute atomic E-state index is 0.0905. The number of ether oxygens (including phenoxy) is 3. The van der Waals surface area contributed by atoms with Crippen LogP contribution >= 0.6 is 0 Å². The molecule has 11 nitrogen and oxygen atoms in total. The van der Waals surface area contributed by atoms with Gasteiger partial charge in [-0.1, -0.05) is 25.1 Å². The Morgan fingerprint density at radius 2 is 1.91 bits per heavy atom. The molecule has 2 aromatic heterocycles. The van der Waals surface area contributed by atoms with Crippen LogP contribution in [0.15, 0.2) is 53.3 Å². The quantitative estimate of drug-likeness (QED) is 0.295. The van der Waals surface area contributed by atoms with Crippen molar-refractivity contribution in [3.8, 4) is 17.1 Å². The maximum atomic E-state index is 14.0. The normalized spacial score (nSPS) is 18.0. The molecule has 0 saturated carbocycles. The number of hydrogen-bond donors (Lipinski definition) is 1. The van der Waals surface area contributed by atoms with Crippen LogP contribution in [-0.2, 0) is 44.2 Å². The summed E-state index contributed by atoms with van der Waals surface area (Å²) in [4.78, 5) is 59.3. The number of hydrogen-bond acceptors (Lipinski definition) is 8. The summed E-state index contributed by atoms with van der Waals surface area (Å²) in [6.07, 6.45) is 0.674. The first-order valence-electron chi connectivity index (χ1n) is 14.1. The van der Waals surface area contributed by atoms with Gasteiger partial charge in [0.1, 0.15) is 12.4 Å². The Bertz CT molecular complexity index is 1930. The molecule has 218 valence electrons. The van der Waals surface area contributed by atoms with E-state index in [-0.39, 0.29) is 36.7 Å². The summed E-state index contributed by atoms with van der Waals surface area (Å²) < 4.78 is 17.8. The van der Waals surface area contributed by atoms with Crippen LogP contribution in [0.2, 0.25) is 0 Å². The van der Waals surface area contributed by atoms with Crippen molar-refractivity contribution in [3.05, 3.63) is 81.1 Å². The second-order valence-electron chi connectivity index (χ2n) is 10.8. The smallest absolute Gasteiger partial charge is 0.355 e. The summed E-state index contributed by atoms with van der Waals surface area (Å²) >= 11 is 0. The predicted molar refractivity (Wildman–Crippen MR) is 157 cm³/mol. The van der Waals surface area contributed by atoms with Gasteiger partial charge in [0.05, 0.1) is 47.5 Å². The van der Waals surface area contributed by atoms with Crippen LogP contribution in [-0.4, -0.2) is 41.2 Å². The molecule has 5 heterocycles. The van der Waals surface area contributed by atoms with E-state index in [1.807, 2.05) is 42.5 Å². The minimum Gasteiger partial charge on any atom is -0.497 e. The first-order chi connectivity index (χ1) is 20.8. The summed E-state index contributed by atoms with van der Waals surface area (Å²) in [5, 5.41) is 3.79. The number of nitrogens with one attached hydrogen (secondary N) is 1. The molecule has 1 atom stereocenters. The number of carbonyl (C=O) groups excluding carboxylic acids is 3. The van der Waals surface area contributed by atoms with Gasteiger partial charge in [-0.3, -0.25) is 14.5 Å². The molecule has 0 spiro atoms. The van der Waals surface area contributed by atoms with Crippen LogP contribution in [0, 0.1) is 0 Å². The average Bonchev–Trinajstić information content (AvgIpc) is 3.37. The number of esters is 2. The third-order valence-electron chi connectivity index (χ3n) is 8.51. The molecular formula is C32H28N4O7. The highest BCUT2D eigenvalue weighted by Crippen LogP contribution is 2.47. The van der Waals surface area contributed by atoms with Crippen molar-refractivity contribution in [2.24, 2.45) is 0 Å². The maximum absolute atomic E-state index is 14.0. The van der Waals surface area contributed by atoms with Gasteiger partial charge in [-0.2, -0.15) is 0 Å². The number of anilines is 2. The molecule has 0 fully saturated rings. The third-order valence-corrected chi connectivity index (χ3v) is 8.51. The molecule has 0 unspecified atom stereocenters. The number of urea groups is 1. The molecule has 4 aromatic rings. The fourth-order valence-corrected chi connectivity index (χ4v) is 6.44. The van der Waals surface area contributed by atoms with Crippen LogP contribution in [0.3, 0.4) is 0 Å². The van der Waals surface area contributed by atoms with Gasteiger partial charge in [0, 0.05) is 30.0 Å². The average molecular weight is 581 g/mol. The van der Waals surface area contributed by atoms with Gasteiger partial charge in [-0.05, 0) is 48.7 Å². The molecule has 3 aliphatic heterocycles. The molecule has 2 aromatic carbocycles. The van der Waals surface area contributed by atoms with E-state index in [2.05, 4.69) is 5.32 Å². The number of carbonyl (C=O) groups is 3. The molecular weight excluding hydrogens is 552 g/mol. The number of rotatable bonds is 6. The standard InChI is InChI=1S/C32H28N4O7/c1-4-32(43-17(2)37)22-14-25-27-20(15-36(25)29(38)21(22)16-42-30(32)39)28-26-23(33-27)6-5-7-24(26)34-31(40)35(28)13-12-18-8-10-19(41-3)11-9-18/h5-11,14H,4,12-13,15-16H2,1-3H3,(H,34,40)/t32-/m0/s1. The highest BCUT2D eigenvalue weighted by atomic mass is 16.6. The summed E-state index contributed by atoms with van der Waals surface area (Å²) in [6.45, 7) is 3.25. The number of nitrogens with zero attached hydrogens (tertiary/aromatic N) is 3. The molecule has 0 radical (unpaired) electrons. The number of fused-ring (bicyclic) bond motifs is 5. The Balaban J connectivity index is 1.40. The third kappa shape index (κ3) is 3.91. The zero-order chi connectivity index (χ0) is 30.0. The highest BCUT2D eigenvalue weighted by molar-refractivity contribution is 6.19. The van der Waals surface area contributed by atoms with Crippen LogP contribution in [0.1, 0.15) is 42.5 Å². The lowest BCUT2D eigenvalue weighted by atomic mass is 9.85. The van der Waals surface area contributed by atoms with Crippen molar-refractivity contribution in [1.29, 1.82) is 0 Å². The Morgan fingerprint density at radius 1 is 1.12 bits per heavy atom. The number of cyclic esters (lactones) is 1. The SMILES string of the molecule is CC[C@@]1(OC(C)=O)C(=O)OCc2c1cc1n(c2=O)Cc2c-1nc1cccc3c1c2N(CCc1ccc(OC)cc1)C(=O)N3. The summed E-state index contributed by atoms with van der Waals surface area (Å²) in [7, 11) is 1.61. The molecule has 1 N–H and O–H groups in total. The topological polar surface area (TPSA) is 129 Å². The van der Waals surface area contributed by atoms with Gasteiger partial charge in [0.15, 0.2) is 0 Å². The van der Waals surface area contributed by atoms with Crippen molar-refractivity contribution in [2.75, 3.05) is 23.9 Å². The van der Waals surface area contributed by atoms with Crippen molar-refractivity contribution in [1.82, 2.24) is 9.55 Å². The number of methoxy groups -OCH3 is 1. The van der Waals surface area contributed by atoms with Crippen LogP contribution < -0.4 is 20.5 Å². The molecule has 11 heteroatoms. The van der Waals surface area contributed by atoms with Gasteiger partial charge in [0.25, 0.3) is 5.56 Å². The molecule has 0 saturated heterocycles. The van der Waals surface area contributed by atoms with Crippen LogP contribution in [0.4, 0.5) is 16.2 Å². The van der Waals surface area contributed by atoms with Gasteiger partial charge < -0.3 is 24.1 Å². The highest BCUT2D eigenvalue weighted by Gasteiger charge is 2.50. The van der Waals surface area contributed by atoms with Crippen molar-refractivity contribution < 1.29 is 28.6 Å². The summed E-state index contributed by atoms with van der Waals surface area (Å²) in [6, 6.07) is 14.7. The molecule has 7 rings (SSSR count). The fourth-order valence-electron chi connectivity index (χ4n) is 6.44. The van der Waals surface area contributed by atoms with E-state index in [0.717, 1.165) is 22.3 Å². The lowest BCUT2D eigenvalue weighted by Gasteiger charge is -2.35. The van der Waals surface area contributed by atoms with Gasteiger partial charge >= 0.3 is 18.0 Å². The van der Waals surface area contributed by atoms with Gasteiger partial charge in [0.2, 0.25) is 5.60 Å². The number of pyridine rings is 2. The molecule has 3 aliphatic rings. The Labute approximate surface area is 246 Å². The lowest BCUT2D eigenvalue weighted by Crippen LogP contribution is -2.47. The maximum Gasteiger partial charge on any atom is 0.355 e. The zero-order valence-electron chi connectivity index (χ0n) is 23.9. The van der Waals surface area contributed by atoms with E-state index < -0.39 is 17.5 Å². The van der Waals surface area contributed by atoms with E-state index in [9.17, 15) is 19.2 Å². The molecule has 43 heavy (non-hydrogen) atoms. The summed E-state index contributed by atoms with van der Waals surface area (Å²) in [5.74, 6) is -0.624. The second-order valence-corrected chi connectivity index (χ2v) is 10.8. The Kier molecular flexibility index (Phi) is 6.01. The van der Waals surface area contributed by atoms with E-state index in [1.54, 1.807) is 29.6 Å². The zero-order valence-corrected chi connectivity index (χ0v) is 23.9. The molecule has 0 aliphatic carbocycles.